The molecule has 1 aliphatic carbocycles. The molecule has 0 aromatic heterocycles. The number of amides is 2. The molecule has 4 heteroatoms. The molecular weight excluding hydrogens is 216 g/mol. The minimum Gasteiger partial charge on any atom is -0.395 e. The summed E-state index contributed by atoms with van der Waals surface area (Å²) in [5.74, 6) is 0. The summed E-state index contributed by atoms with van der Waals surface area (Å²) in [5, 5.41) is 12.0. The van der Waals surface area contributed by atoms with Crippen molar-refractivity contribution < 1.29 is 9.90 Å². The molecule has 100 valence electrons. The van der Waals surface area contributed by atoms with Gasteiger partial charge in [-0.05, 0) is 19.3 Å². The van der Waals surface area contributed by atoms with Gasteiger partial charge < -0.3 is 15.3 Å². The molecule has 0 aromatic rings. The third-order valence-corrected chi connectivity index (χ3v) is 3.33. The van der Waals surface area contributed by atoms with E-state index in [0.717, 1.165) is 25.8 Å². The van der Waals surface area contributed by atoms with Gasteiger partial charge in [0.05, 0.1) is 6.61 Å². The predicted octanol–water partition coefficient (Wildman–Crippen LogP) is 2.12. The third-order valence-electron chi connectivity index (χ3n) is 3.33. The summed E-state index contributed by atoms with van der Waals surface area (Å²) in [6.45, 7) is 3.24. The summed E-state index contributed by atoms with van der Waals surface area (Å²) in [6.07, 6.45) is 8.16. The van der Waals surface area contributed by atoms with Gasteiger partial charge in [-0.15, -0.1) is 0 Å². The van der Waals surface area contributed by atoms with Crippen molar-refractivity contribution in [2.75, 3.05) is 19.7 Å². The van der Waals surface area contributed by atoms with Crippen molar-refractivity contribution >= 4 is 6.03 Å². The van der Waals surface area contributed by atoms with E-state index in [4.69, 9.17) is 5.11 Å². The lowest BCUT2D eigenvalue weighted by Gasteiger charge is -2.25. The molecule has 0 aromatic carbocycles. The molecule has 1 saturated carbocycles. The van der Waals surface area contributed by atoms with Gasteiger partial charge in [-0.2, -0.15) is 0 Å². The van der Waals surface area contributed by atoms with Crippen LogP contribution in [0, 0.1) is 0 Å². The van der Waals surface area contributed by atoms with Crippen LogP contribution in [0.15, 0.2) is 0 Å². The summed E-state index contributed by atoms with van der Waals surface area (Å²) in [4.78, 5) is 13.7. The van der Waals surface area contributed by atoms with E-state index in [-0.39, 0.29) is 12.6 Å². The minimum absolute atomic E-state index is 0.00667. The molecular formula is C13H26N2O2. The molecule has 0 spiro atoms. The predicted molar refractivity (Wildman–Crippen MR) is 69.0 cm³/mol. The molecule has 1 fully saturated rings. The van der Waals surface area contributed by atoms with Gasteiger partial charge in [-0.3, -0.25) is 0 Å². The van der Waals surface area contributed by atoms with E-state index in [9.17, 15) is 4.79 Å². The first-order valence-corrected chi connectivity index (χ1v) is 6.94. The zero-order valence-corrected chi connectivity index (χ0v) is 11.0. The fourth-order valence-corrected chi connectivity index (χ4v) is 2.40. The lowest BCUT2D eigenvalue weighted by molar-refractivity contribution is 0.173. The van der Waals surface area contributed by atoms with Gasteiger partial charge in [-0.25, -0.2) is 4.79 Å². The molecule has 0 aliphatic heterocycles. The van der Waals surface area contributed by atoms with Gasteiger partial charge in [-0.1, -0.05) is 32.6 Å². The van der Waals surface area contributed by atoms with E-state index in [1.165, 1.54) is 25.7 Å². The van der Waals surface area contributed by atoms with E-state index < -0.39 is 0 Å². The maximum absolute atomic E-state index is 12.0. The Morgan fingerprint density at radius 1 is 1.24 bits per heavy atom. The number of rotatable bonds is 5. The molecule has 0 radical (unpaired) electrons. The molecule has 2 N–H and O–H groups in total. The molecule has 1 rings (SSSR count). The second kappa shape index (κ2) is 8.34. The second-order valence-electron chi connectivity index (χ2n) is 4.85. The van der Waals surface area contributed by atoms with Crippen molar-refractivity contribution in [2.24, 2.45) is 0 Å². The van der Waals surface area contributed by atoms with Crippen LogP contribution in [0.2, 0.25) is 0 Å². The van der Waals surface area contributed by atoms with Crippen LogP contribution in [0.1, 0.15) is 51.9 Å². The molecule has 17 heavy (non-hydrogen) atoms. The molecule has 1 aliphatic rings. The Kier molecular flexibility index (Phi) is 7.01. The van der Waals surface area contributed by atoms with Crippen LogP contribution in [0.4, 0.5) is 4.79 Å². The van der Waals surface area contributed by atoms with Gasteiger partial charge in [0, 0.05) is 19.1 Å². The van der Waals surface area contributed by atoms with Gasteiger partial charge in [0.25, 0.3) is 0 Å². The number of aliphatic hydroxyl groups excluding tert-OH is 1. The maximum atomic E-state index is 12.0. The average molecular weight is 242 g/mol. The number of urea groups is 1. The van der Waals surface area contributed by atoms with Crippen LogP contribution in [0.3, 0.4) is 0 Å². The van der Waals surface area contributed by atoms with E-state index in [0.29, 0.717) is 12.6 Å². The largest absolute Gasteiger partial charge is 0.395 e. The monoisotopic (exact) mass is 242 g/mol. The van der Waals surface area contributed by atoms with Crippen molar-refractivity contribution in [1.82, 2.24) is 10.2 Å². The fourth-order valence-electron chi connectivity index (χ4n) is 2.40. The number of carbonyl (C=O) groups excluding carboxylic acids is 1. The van der Waals surface area contributed by atoms with Crippen molar-refractivity contribution in [1.29, 1.82) is 0 Å². The van der Waals surface area contributed by atoms with Gasteiger partial charge >= 0.3 is 6.03 Å². The fraction of sp³-hybridized carbons (Fsp3) is 0.923. The molecule has 0 heterocycles. The maximum Gasteiger partial charge on any atom is 0.317 e. The van der Waals surface area contributed by atoms with Crippen LogP contribution in [0.25, 0.3) is 0 Å². The summed E-state index contributed by atoms with van der Waals surface area (Å²) in [7, 11) is 0. The molecule has 0 saturated heterocycles. The van der Waals surface area contributed by atoms with Crippen molar-refractivity contribution in [3.63, 3.8) is 0 Å². The van der Waals surface area contributed by atoms with E-state index >= 15 is 0 Å². The molecule has 0 unspecified atom stereocenters. The first-order chi connectivity index (χ1) is 8.27. The number of aliphatic hydroxyl groups is 1. The highest BCUT2D eigenvalue weighted by Crippen LogP contribution is 2.17. The Hall–Kier alpha value is -0.770. The van der Waals surface area contributed by atoms with Crippen molar-refractivity contribution in [2.45, 2.75) is 57.9 Å². The van der Waals surface area contributed by atoms with E-state index in [2.05, 4.69) is 5.32 Å². The normalized spacial score (nSPS) is 17.5. The van der Waals surface area contributed by atoms with Crippen LogP contribution in [0.5, 0.6) is 0 Å². The molecule has 4 nitrogen and oxygen atoms in total. The highest BCUT2D eigenvalue weighted by Gasteiger charge is 2.18. The Morgan fingerprint density at radius 2 is 1.88 bits per heavy atom. The number of nitrogens with one attached hydrogen (secondary N) is 1. The zero-order chi connectivity index (χ0) is 12.5. The van der Waals surface area contributed by atoms with Gasteiger partial charge in [0.15, 0.2) is 0 Å². The van der Waals surface area contributed by atoms with E-state index in [1.54, 1.807) is 4.90 Å². The standard InChI is InChI=1S/C13H26N2O2/c1-2-9-15(10-11-16)13(17)14-12-7-5-3-4-6-8-12/h12,16H,2-11H2,1H3,(H,14,17). The summed E-state index contributed by atoms with van der Waals surface area (Å²) >= 11 is 0. The summed E-state index contributed by atoms with van der Waals surface area (Å²) in [6, 6.07) is 0.329. The number of hydrogen-bond donors (Lipinski definition) is 2. The van der Waals surface area contributed by atoms with Crippen molar-refractivity contribution in [3.8, 4) is 0 Å². The smallest absolute Gasteiger partial charge is 0.317 e. The lowest BCUT2D eigenvalue weighted by Crippen LogP contribution is -2.46. The number of carbonyl (C=O) groups is 1. The quantitative estimate of drug-likeness (QED) is 0.726. The molecule has 0 bridgehead atoms. The highest BCUT2D eigenvalue weighted by molar-refractivity contribution is 5.74. The van der Waals surface area contributed by atoms with Crippen molar-refractivity contribution in [3.05, 3.63) is 0 Å². The van der Waals surface area contributed by atoms with Crippen LogP contribution in [-0.4, -0.2) is 41.8 Å². The van der Waals surface area contributed by atoms with Gasteiger partial charge in [0.2, 0.25) is 0 Å². The molecule has 2 amide bonds. The minimum atomic E-state index is -0.00667. The highest BCUT2D eigenvalue weighted by atomic mass is 16.3. The topological polar surface area (TPSA) is 52.6 Å². The van der Waals surface area contributed by atoms with E-state index in [1.807, 2.05) is 6.92 Å². The summed E-state index contributed by atoms with van der Waals surface area (Å²) in [5.41, 5.74) is 0. The SMILES string of the molecule is CCCN(CCO)C(=O)NC1CCCCCC1. The average Bonchev–Trinajstić information content (AvgIpc) is 2.57. The summed E-state index contributed by atoms with van der Waals surface area (Å²) < 4.78 is 0. The zero-order valence-electron chi connectivity index (χ0n) is 11.0. The second-order valence-corrected chi connectivity index (χ2v) is 4.85. The van der Waals surface area contributed by atoms with Crippen LogP contribution >= 0.6 is 0 Å². The first-order valence-electron chi connectivity index (χ1n) is 6.94. The molecule has 0 atom stereocenters. The Labute approximate surface area is 104 Å². The number of nitrogens with zero attached hydrogens (tertiary/aromatic N) is 1. The Balaban J connectivity index is 2.38. The Morgan fingerprint density at radius 3 is 2.41 bits per heavy atom. The van der Waals surface area contributed by atoms with Crippen LogP contribution in [-0.2, 0) is 0 Å². The van der Waals surface area contributed by atoms with Crippen LogP contribution < -0.4 is 5.32 Å². The Bertz CT molecular complexity index is 207. The number of hydrogen-bond acceptors (Lipinski definition) is 2. The first kappa shape index (κ1) is 14.3. The lowest BCUT2D eigenvalue weighted by atomic mass is 10.1. The van der Waals surface area contributed by atoms with Gasteiger partial charge in [0.1, 0.15) is 0 Å². The third kappa shape index (κ3) is 5.39.